The zero-order valence-corrected chi connectivity index (χ0v) is 10.5. The van der Waals surface area contributed by atoms with Gasteiger partial charge in [-0.2, -0.15) is 13.2 Å². The fourth-order valence-electron chi connectivity index (χ4n) is 1.59. The van der Waals surface area contributed by atoms with E-state index in [9.17, 15) is 22.8 Å². The summed E-state index contributed by atoms with van der Waals surface area (Å²) in [6.45, 7) is 1.54. The van der Waals surface area contributed by atoms with E-state index < -0.39 is 18.9 Å². The molecule has 3 amide bonds. The van der Waals surface area contributed by atoms with E-state index in [1.807, 2.05) is 0 Å². The smallest absolute Gasteiger partial charge is 0.422 e. The topological polar surface area (TPSA) is 61.9 Å². The summed E-state index contributed by atoms with van der Waals surface area (Å²) in [4.78, 5) is 25.4. The van der Waals surface area contributed by atoms with Crippen molar-refractivity contribution in [2.45, 2.75) is 13.1 Å². The molecule has 9 heteroatoms. The zero-order valence-electron chi connectivity index (χ0n) is 10.5. The molecule has 0 aromatic carbocycles. The number of hydrogen-bond acceptors (Lipinski definition) is 3. The SMILES string of the molecule is CCNC(=O)N1CCN(C(=O)OCC(F)(F)F)CC1. The van der Waals surface area contributed by atoms with Crippen LogP contribution in [0.25, 0.3) is 0 Å². The van der Waals surface area contributed by atoms with E-state index >= 15 is 0 Å². The van der Waals surface area contributed by atoms with Crippen molar-refractivity contribution in [3.05, 3.63) is 0 Å². The molecule has 0 saturated carbocycles. The molecule has 6 nitrogen and oxygen atoms in total. The van der Waals surface area contributed by atoms with E-state index in [2.05, 4.69) is 10.1 Å². The number of rotatable bonds is 2. The standard InChI is InChI=1S/C10H16F3N3O3/c1-2-14-8(17)15-3-5-16(6-4-15)9(18)19-7-10(11,12)13/h2-7H2,1H3,(H,14,17). The molecule has 0 radical (unpaired) electrons. The fraction of sp³-hybridized carbons (Fsp3) is 0.800. The van der Waals surface area contributed by atoms with E-state index in [4.69, 9.17) is 0 Å². The van der Waals surface area contributed by atoms with Crippen LogP contribution in [-0.4, -0.2) is 67.4 Å². The van der Waals surface area contributed by atoms with E-state index in [1.165, 1.54) is 4.90 Å². The Morgan fingerprint density at radius 2 is 1.68 bits per heavy atom. The molecule has 110 valence electrons. The van der Waals surface area contributed by atoms with Gasteiger partial charge < -0.3 is 19.9 Å². The maximum atomic E-state index is 11.9. The lowest BCUT2D eigenvalue weighted by Gasteiger charge is -2.34. The molecule has 0 aromatic rings. The van der Waals surface area contributed by atoms with Crippen molar-refractivity contribution in [2.75, 3.05) is 39.3 Å². The van der Waals surface area contributed by atoms with Gasteiger partial charge >= 0.3 is 18.3 Å². The quantitative estimate of drug-likeness (QED) is 0.823. The van der Waals surface area contributed by atoms with Gasteiger partial charge in [-0.1, -0.05) is 0 Å². The first-order chi connectivity index (χ1) is 8.83. The highest BCUT2D eigenvalue weighted by Crippen LogP contribution is 2.15. The number of carbonyl (C=O) groups excluding carboxylic acids is 2. The van der Waals surface area contributed by atoms with Gasteiger partial charge in [0.1, 0.15) is 0 Å². The maximum Gasteiger partial charge on any atom is 0.422 e. The van der Waals surface area contributed by atoms with Crippen LogP contribution >= 0.6 is 0 Å². The lowest BCUT2D eigenvalue weighted by molar-refractivity contribution is -0.162. The fourth-order valence-corrected chi connectivity index (χ4v) is 1.59. The monoisotopic (exact) mass is 283 g/mol. The van der Waals surface area contributed by atoms with E-state index in [1.54, 1.807) is 6.92 Å². The molecule has 0 bridgehead atoms. The van der Waals surface area contributed by atoms with Crippen LogP contribution < -0.4 is 5.32 Å². The molecule has 1 aliphatic rings. The number of hydrogen-bond donors (Lipinski definition) is 1. The van der Waals surface area contributed by atoms with Gasteiger partial charge in [0, 0.05) is 32.7 Å². The Morgan fingerprint density at radius 3 is 2.16 bits per heavy atom. The number of carbonyl (C=O) groups is 2. The van der Waals surface area contributed by atoms with Crippen molar-refractivity contribution in [3.63, 3.8) is 0 Å². The Balaban J connectivity index is 2.33. The molecular weight excluding hydrogens is 267 g/mol. The highest BCUT2D eigenvalue weighted by molar-refractivity contribution is 5.74. The van der Waals surface area contributed by atoms with Crippen LogP contribution in [0.5, 0.6) is 0 Å². The third-order valence-electron chi connectivity index (χ3n) is 2.51. The molecule has 1 fully saturated rings. The maximum absolute atomic E-state index is 11.9. The molecule has 19 heavy (non-hydrogen) atoms. The summed E-state index contributed by atoms with van der Waals surface area (Å²) in [7, 11) is 0. The Morgan fingerprint density at radius 1 is 1.16 bits per heavy atom. The summed E-state index contributed by atoms with van der Waals surface area (Å²) >= 11 is 0. The Hall–Kier alpha value is -1.67. The van der Waals surface area contributed by atoms with Gasteiger partial charge in [0.2, 0.25) is 0 Å². The van der Waals surface area contributed by atoms with Crippen molar-refractivity contribution < 1.29 is 27.5 Å². The van der Waals surface area contributed by atoms with Gasteiger partial charge in [-0.05, 0) is 6.92 Å². The minimum Gasteiger partial charge on any atom is -0.440 e. The second-order valence-electron chi connectivity index (χ2n) is 3.98. The Kier molecular flexibility index (Phi) is 5.25. The molecule has 1 N–H and O–H groups in total. The second kappa shape index (κ2) is 6.48. The first-order valence-corrected chi connectivity index (χ1v) is 5.84. The predicted octanol–water partition coefficient (Wildman–Crippen LogP) is 1.03. The number of alkyl halides is 3. The highest BCUT2D eigenvalue weighted by Gasteiger charge is 2.32. The molecule has 0 aromatic heterocycles. The summed E-state index contributed by atoms with van der Waals surface area (Å²) in [5.74, 6) is 0. The average molecular weight is 283 g/mol. The number of amides is 3. The van der Waals surface area contributed by atoms with Crippen LogP contribution in [-0.2, 0) is 4.74 Å². The predicted molar refractivity (Wildman–Crippen MR) is 59.6 cm³/mol. The van der Waals surface area contributed by atoms with Crippen LogP contribution in [0.4, 0.5) is 22.8 Å². The largest absolute Gasteiger partial charge is 0.440 e. The van der Waals surface area contributed by atoms with Gasteiger partial charge in [-0.3, -0.25) is 0 Å². The van der Waals surface area contributed by atoms with Crippen LogP contribution in [0, 0.1) is 0 Å². The number of piperazine rings is 1. The Labute approximate surface area is 108 Å². The van der Waals surface area contributed by atoms with Gasteiger partial charge in [-0.15, -0.1) is 0 Å². The van der Waals surface area contributed by atoms with E-state index in [0.29, 0.717) is 6.54 Å². The normalized spacial score (nSPS) is 16.2. The summed E-state index contributed by atoms with van der Waals surface area (Å²) in [6.07, 6.45) is -5.54. The lowest BCUT2D eigenvalue weighted by atomic mass is 10.3. The molecule has 0 unspecified atom stereocenters. The molecule has 0 spiro atoms. The van der Waals surface area contributed by atoms with Crippen LogP contribution in [0.2, 0.25) is 0 Å². The van der Waals surface area contributed by atoms with Gasteiger partial charge in [-0.25, -0.2) is 9.59 Å². The molecular formula is C10H16F3N3O3. The number of urea groups is 1. The summed E-state index contributed by atoms with van der Waals surface area (Å²) in [5.41, 5.74) is 0. The second-order valence-corrected chi connectivity index (χ2v) is 3.98. The van der Waals surface area contributed by atoms with Gasteiger partial charge in [0.05, 0.1) is 0 Å². The van der Waals surface area contributed by atoms with Crippen LogP contribution in [0.1, 0.15) is 6.92 Å². The van der Waals surface area contributed by atoms with Crippen molar-refractivity contribution >= 4 is 12.1 Å². The first-order valence-electron chi connectivity index (χ1n) is 5.84. The molecule has 1 aliphatic heterocycles. The van der Waals surface area contributed by atoms with Crippen molar-refractivity contribution in [3.8, 4) is 0 Å². The molecule has 1 rings (SSSR count). The lowest BCUT2D eigenvalue weighted by Crippen LogP contribution is -2.53. The van der Waals surface area contributed by atoms with E-state index in [-0.39, 0.29) is 32.2 Å². The number of nitrogens with one attached hydrogen (secondary N) is 1. The van der Waals surface area contributed by atoms with Crippen molar-refractivity contribution in [1.29, 1.82) is 0 Å². The molecule has 1 heterocycles. The first kappa shape index (κ1) is 15.4. The third kappa shape index (κ3) is 5.23. The average Bonchev–Trinajstić information content (AvgIpc) is 2.35. The Bertz CT molecular complexity index is 328. The third-order valence-corrected chi connectivity index (χ3v) is 2.51. The zero-order chi connectivity index (χ0) is 14.5. The number of ether oxygens (including phenoxy) is 1. The number of halogens is 3. The minimum absolute atomic E-state index is 0.161. The van der Waals surface area contributed by atoms with Gasteiger partial charge in [0.15, 0.2) is 6.61 Å². The van der Waals surface area contributed by atoms with Crippen molar-refractivity contribution in [1.82, 2.24) is 15.1 Å². The molecule has 1 saturated heterocycles. The molecule has 0 aliphatic carbocycles. The van der Waals surface area contributed by atoms with Gasteiger partial charge in [0.25, 0.3) is 0 Å². The van der Waals surface area contributed by atoms with E-state index in [0.717, 1.165) is 4.90 Å². The minimum atomic E-state index is -4.53. The molecule has 0 atom stereocenters. The van der Waals surface area contributed by atoms with Crippen LogP contribution in [0.3, 0.4) is 0 Å². The summed E-state index contributed by atoms with van der Waals surface area (Å²) < 4.78 is 39.8. The summed E-state index contributed by atoms with van der Waals surface area (Å²) in [6, 6.07) is -0.245. The summed E-state index contributed by atoms with van der Waals surface area (Å²) in [5, 5.41) is 2.61. The highest BCUT2D eigenvalue weighted by atomic mass is 19.4. The van der Waals surface area contributed by atoms with Crippen molar-refractivity contribution in [2.24, 2.45) is 0 Å². The van der Waals surface area contributed by atoms with Crippen LogP contribution in [0.15, 0.2) is 0 Å². The number of nitrogens with zero attached hydrogens (tertiary/aromatic N) is 2.